The van der Waals surface area contributed by atoms with Gasteiger partial charge in [0.15, 0.2) is 0 Å². The number of carbonyl (C=O) groups excluding carboxylic acids is 1. The van der Waals surface area contributed by atoms with Crippen molar-refractivity contribution in [1.82, 2.24) is 10.3 Å². The zero-order chi connectivity index (χ0) is 13.7. The van der Waals surface area contributed by atoms with Crippen LogP contribution in [0.3, 0.4) is 0 Å². The van der Waals surface area contributed by atoms with Crippen LogP contribution in [0, 0.1) is 11.9 Å². The molecule has 1 aliphatic rings. The molecule has 104 valence electrons. The van der Waals surface area contributed by atoms with Crippen LogP contribution in [0.5, 0.6) is 0 Å². The fraction of sp³-hybridized carbons (Fsp3) is 0.538. The summed E-state index contributed by atoms with van der Waals surface area (Å²) in [5.74, 6) is -0.916. The molecule has 1 saturated heterocycles. The molecular weight excluding hydrogens is 249 g/mol. The second kappa shape index (κ2) is 6.58. The van der Waals surface area contributed by atoms with Gasteiger partial charge in [-0.05, 0) is 25.1 Å². The summed E-state index contributed by atoms with van der Waals surface area (Å²) in [4.78, 5) is 15.6. The molecule has 0 aliphatic carbocycles. The molecule has 0 bridgehead atoms. The van der Waals surface area contributed by atoms with Gasteiger partial charge >= 0.3 is 0 Å². The number of rotatable bonds is 5. The number of carbonyl (C=O) groups is 1. The van der Waals surface area contributed by atoms with Crippen LogP contribution in [-0.4, -0.2) is 36.7 Å². The van der Waals surface area contributed by atoms with Gasteiger partial charge in [0.25, 0.3) is 0 Å². The van der Waals surface area contributed by atoms with E-state index in [0.29, 0.717) is 18.9 Å². The molecular formula is C13H18FN3O2. The van der Waals surface area contributed by atoms with E-state index in [4.69, 9.17) is 4.74 Å². The monoisotopic (exact) mass is 267 g/mol. The first kappa shape index (κ1) is 13.9. The van der Waals surface area contributed by atoms with E-state index in [9.17, 15) is 9.18 Å². The van der Waals surface area contributed by atoms with Gasteiger partial charge in [-0.2, -0.15) is 4.39 Å². The van der Waals surface area contributed by atoms with Crippen molar-refractivity contribution in [3.05, 3.63) is 24.3 Å². The van der Waals surface area contributed by atoms with Gasteiger partial charge < -0.3 is 15.4 Å². The van der Waals surface area contributed by atoms with Crippen molar-refractivity contribution in [2.75, 3.05) is 25.1 Å². The molecule has 0 spiro atoms. The Morgan fingerprint density at radius 1 is 1.53 bits per heavy atom. The molecule has 0 aromatic carbocycles. The largest absolute Gasteiger partial charge is 0.379 e. The van der Waals surface area contributed by atoms with E-state index < -0.39 is 5.95 Å². The van der Waals surface area contributed by atoms with Gasteiger partial charge in [-0.25, -0.2) is 4.98 Å². The van der Waals surface area contributed by atoms with Crippen LogP contribution >= 0.6 is 0 Å². The van der Waals surface area contributed by atoms with Gasteiger partial charge in [0.1, 0.15) is 0 Å². The molecule has 0 radical (unpaired) electrons. The van der Waals surface area contributed by atoms with E-state index in [1.54, 1.807) is 0 Å². The fourth-order valence-corrected chi connectivity index (χ4v) is 2.03. The third-order valence-corrected chi connectivity index (χ3v) is 3.07. The van der Waals surface area contributed by atoms with Crippen molar-refractivity contribution >= 4 is 11.6 Å². The molecule has 1 aromatic rings. The Balaban J connectivity index is 1.93. The van der Waals surface area contributed by atoms with Crippen LogP contribution < -0.4 is 10.6 Å². The average Bonchev–Trinajstić information content (AvgIpc) is 2.87. The SMILES string of the molecule is CCCNC1COCC1C(=O)Nc1ccc(F)nc1. The molecule has 6 heteroatoms. The van der Waals surface area contributed by atoms with E-state index in [0.717, 1.165) is 13.0 Å². The Bertz CT molecular complexity index is 424. The summed E-state index contributed by atoms with van der Waals surface area (Å²) in [6.07, 6.45) is 2.31. The van der Waals surface area contributed by atoms with Gasteiger partial charge in [-0.1, -0.05) is 6.92 Å². The van der Waals surface area contributed by atoms with Crippen molar-refractivity contribution in [3.8, 4) is 0 Å². The minimum Gasteiger partial charge on any atom is -0.379 e. The summed E-state index contributed by atoms with van der Waals surface area (Å²) < 4.78 is 18.0. The molecule has 2 rings (SSSR count). The number of nitrogens with one attached hydrogen (secondary N) is 2. The van der Waals surface area contributed by atoms with E-state index >= 15 is 0 Å². The number of nitrogens with zero attached hydrogens (tertiary/aromatic N) is 1. The second-order valence-electron chi connectivity index (χ2n) is 4.56. The third kappa shape index (κ3) is 3.71. The highest BCUT2D eigenvalue weighted by atomic mass is 19.1. The lowest BCUT2D eigenvalue weighted by atomic mass is 10.0. The number of ether oxygens (including phenoxy) is 1. The third-order valence-electron chi connectivity index (χ3n) is 3.07. The standard InChI is InChI=1S/C13H18FN3O2/c1-2-5-15-11-8-19-7-10(11)13(18)17-9-3-4-12(14)16-6-9/h3-4,6,10-11,15H,2,5,7-8H2,1H3,(H,17,18). The van der Waals surface area contributed by atoms with Gasteiger partial charge in [-0.15, -0.1) is 0 Å². The minimum absolute atomic E-state index is 0.0355. The first-order valence-corrected chi connectivity index (χ1v) is 6.44. The predicted molar refractivity (Wildman–Crippen MR) is 69.2 cm³/mol. The number of hydrogen-bond acceptors (Lipinski definition) is 4. The van der Waals surface area contributed by atoms with Crippen LogP contribution in [0.2, 0.25) is 0 Å². The Labute approximate surface area is 111 Å². The number of amides is 1. The van der Waals surface area contributed by atoms with Gasteiger partial charge in [-0.3, -0.25) is 4.79 Å². The Kier molecular flexibility index (Phi) is 4.81. The molecule has 1 aliphatic heterocycles. The molecule has 2 heterocycles. The quantitative estimate of drug-likeness (QED) is 0.786. The highest BCUT2D eigenvalue weighted by Gasteiger charge is 2.33. The van der Waals surface area contributed by atoms with Crippen molar-refractivity contribution in [2.45, 2.75) is 19.4 Å². The molecule has 19 heavy (non-hydrogen) atoms. The first-order valence-electron chi connectivity index (χ1n) is 6.44. The number of halogens is 1. The lowest BCUT2D eigenvalue weighted by molar-refractivity contribution is -0.120. The van der Waals surface area contributed by atoms with Crippen LogP contribution in [0.4, 0.5) is 10.1 Å². The average molecular weight is 267 g/mol. The maximum Gasteiger partial charge on any atom is 0.231 e. The fourth-order valence-electron chi connectivity index (χ4n) is 2.03. The summed E-state index contributed by atoms with van der Waals surface area (Å²) in [5.41, 5.74) is 0.493. The summed E-state index contributed by atoms with van der Waals surface area (Å²) in [7, 11) is 0. The Hall–Kier alpha value is -1.53. The molecule has 1 fully saturated rings. The molecule has 2 unspecified atom stereocenters. The zero-order valence-corrected chi connectivity index (χ0v) is 10.9. The van der Waals surface area contributed by atoms with Crippen molar-refractivity contribution in [1.29, 1.82) is 0 Å². The van der Waals surface area contributed by atoms with E-state index in [2.05, 4.69) is 22.5 Å². The number of anilines is 1. The summed E-state index contributed by atoms with van der Waals surface area (Å²) in [6, 6.07) is 2.74. The van der Waals surface area contributed by atoms with Crippen molar-refractivity contribution in [3.63, 3.8) is 0 Å². The second-order valence-corrected chi connectivity index (χ2v) is 4.56. The number of aromatic nitrogens is 1. The van der Waals surface area contributed by atoms with E-state index in [-0.39, 0.29) is 17.9 Å². The van der Waals surface area contributed by atoms with Crippen LogP contribution in [0.15, 0.2) is 18.3 Å². The van der Waals surface area contributed by atoms with Crippen molar-refractivity contribution < 1.29 is 13.9 Å². The molecule has 2 atom stereocenters. The topological polar surface area (TPSA) is 63.2 Å². The lowest BCUT2D eigenvalue weighted by Crippen LogP contribution is -2.41. The van der Waals surface area contributed by atoms with Crippen LogP contribution in [0.25, 0.3) is 0 Å². The number of hydrogen-bond donors (Lipinski definition) is 2. The van der Waals surface area contributed by atoms with Gasteiger partial charge in [0.05, 0.1) is 31.0 Å². The molecule has 1 amide bonds. The van der Waals surface area contributed by atoms with E-state index in [1.165, 1.54) is 18.3 Å². The maximum absolute atomic E-state index is 12.7. The normalized spacial score (nSPS) is 22.4. The Morgan fingerprint density at radius 2 is 2.37 bits per heavy atom. The summed E-state index contributed by atoms with van der Waals surface area (Å²) in [6.45, 7) is 3.87. The van der Waals surface area contributed by atoms with Crippen LogP contribution in [-0.2, 0) is 9.53 Å². The van der Waals surface area contributed by atoms with E-state index in [1.807, 2.05) is 0 Å². The molecule has 1 aromatic heterocycles. The minimum atomic E-state index is -0.565. The molecule has 5 nitrogen and oxygen atoms in total. The Morgan fingerprint density at radius 3 is 3.05 bits per heavy atom. The van der Waals surface area contributed by atoms with Crippen LogP contribution in [0.1, 0.15) is 13.3 Å². The zero-order valence-electron chi connectivity index (χ0n) is 10.9. The molecule has 0 saturated carbocycles. The first-order chi connectivity index (χ1) is 9.20. The maximum atomic E-state index is 12.7. The highest BCUT2D eigenvalue weighted by molar-refractivity contribution is 5.93. The predicted octanol–water partition coefficient (Wildman–Crippen LogP) is 1.17. The summed E-state index contributed by atoms with van der Waals surface area (Å²) in [5, 5.41) is 6.03. The lowest BCUT2D eigenvalue weighted by Gasteiger charge is -2.18. The summed E-state index contributed by atoms with van der Waals surface area (Å²) >= 11 is 0. The number of pyridine rings is 1. The van der Waals surface area contributed by atoms with Gasteiger partial charge in [0.2, 0.25) is 11.9 Å². The van der Waals surface area contributed by atoms with Crippen molar-refractivity contribution in [2.24, 2.45) is 5.92 Å². The smallest absolute Gasteiger partial charge is 0.231 e. The molecule has 2 N–H and O–H groups in total. The van der Waals surface area contributed by atoms with Gasteiger partial charge in [0, 0.05) is 6.04 Å². The highest BCUT2D eigenvalue weighted by Crippen LogP contribution is 2.16.